The van der Waals surface area contributed by atoms with E-state index in [9.17, 15) is 13.2 Å². The third-order valence-corrected chi connectivity index (χ3v) is 5.73. The lowest BCUT2D eigenvalue weighted by atomic mass is 10.1. The summed E-state index contributed by atoms with van der Waals surface area (Å²) in [5, 5.41) is 3.15. The number of nitrogens with zero attached hydrogens (tertiary/aromatic N) is 1. The second-order valence-corrected chi connectivity index (χ2v) is 7.13. The van der Waals surface area contributed by atoms with Crippen LogP contribution >= 0.6 is 0 Å². The summed E-state index contributed by atoms with van der Waals surface area (Å²) in [4.78, 5) is 11.7. The van der Waals surface area contributed by atoms with Gasteiger partial charge in [0.15, 0.2) is 0 Å². The van der Waals surface area contributed by atoms with Crippen LogP contribution in [0.25, 0.3) is 0 Å². The number of methoxy groups -OCH3 is 1. The number of benzene rings is 1. The summed E-state index contributed by atoms with van der Waals surface area (Å²) in [6.07, 6.45) is 0.801. The van der Waals surface area contributed by atoms with Gasteiger partial charge in [0, 0.05) is 19.6 Å². The lowest BCUT2D eigenvalue weighted by Gasteiger charge is -2.23. The zero-order valence-electron chi connectivity index (χ0n) is 12.4. The van der Waals surface area contributed by atoms with Gasteiger partial charge < -0.3 is 10.1 Å². The summed E-state index contributed by atoms with van der Waals surface area (Å²) in [5.74, 6) is -0.468. The predicted molar refractivity (Wildman–Crippen MR) is 78.7 cm³/mol. The second-order valence-electron chi connectivity index (χ2n) is 5.14. The van der Waals surface area contributed by atoms with Crippen molar-refractivity contribution in [1.29, 1.82) is 0 Å². The molecule has 0 amide bonds. The molecule has 2 rings (SSSR count). The van der Waals surface area contributed by atoms with E-state index in [1.54, 1.807) is 14.0 Å². The van der Waals surface area contributed by atoms with E-state index in [-0.39, 0.29) is 10.9 Å². The Balaban J connectivity index is 2.32. The zero-order valence-corrected chi connectivity index (χ0v) is 13.2. The molecule has 1 N–H and O–H groups in total. The Bertz CT molecular complexity index is 636. The maximum absolute atomic E-state index is 12.6. The van der Waals surface area contributed by atoms with Crippen molar-refractivity contribution < 1.29 is 17.9 Å². The molecule has 6 nitrogen and oxygen atoms in total. The number of esters is 1. The molecular weight excluding hydrogens is 292 g/mol. The molecule has 1 heterocycles. The number of carbonyl (C=O) groups excluding carboxylic acids is 1. The molecule has 0 aliphatic carbocycles. The molecule has 1 aromatic rings. The molecule has 7 heteroatoms. The highest BCUT2D eigenvalue weighted by atomic mass is 32.2. The fourth-order valence-electron chi connectivity index (χ4n) is 2.45. The van der Waals surface area contributed by atoms with Gasteiger partial charge >= 0.3 is 5.97 Å². The number of hydrogen-bond acceptors (Lipinski definition) is 5. The minimum absolute atomic E-state index is 0.0319. The van der Waals surface area contributed by atoms with Crippen molar-refractivity contribution >= 4 is 16.0 Å². The van der Waals surface area contributed by atoms with E-state index in [1.807, 2.05) is 0 Å². The first-order valence-corrected chi connectivity index (χ1v) is 8.19. The Morgan fingerprint density at radius 3 is 2.67 bits per heavy atom. The summed E-state index contributed by atoms with van der Waals surface area (Å²) >= 11 is 0. The van der Waals surface area contributed by atoms with Crippen molar-refractivity contribution in [3.63, 3.8) is 0 Å². The first-order valence-electron chi connectivity index (χ1n) is 6.75. The van der Waals surface area contributed by atoms with Gasteiger partial charge in [-0.1, -0.05) is 0 Å². The van der Waals surface area contributed by atoms with Crippen LogP contribution in [0.3, 0.4) is 0 Å². The van der Waals surface area contributed by atoms with Crippen LogP contribution in [-0.4, -0.2) is 52.0 Å². The fourth-order valence-corrected chi connectivity index (χ4v) is 3.92. The van der Waals surface area contributed by atoms with E-state index >= 15 is 0 Å². The van der Waals surface area contributed by atoms with E-state index in [0.29, 0.717) is 17.7 Å². The highest BCUT2D eigenvalue weighted by Crippen LogP contribution is 2.22. The molecule has 1 aliphatic heterocycles. The minimum Gasteiger partial charge on any atom is -0.465 e. The van der Waals surface area contributed by atoms with Gasteiger partial charge in [0.05, 0.1) is 17.6 Å². The number of nitrogens with one attached hydrogen (secondary N) is 1. The molecule has 1 aliphatic rings. The maximum atomic E-state index is 12.6. The van der Waals surface area contributed by atoms with E-state index in [1.165, 1.54) is 29.6 Å². The molecule has 1 atom stereocenters. The largest absolute Gasteiger partial charge is 0.465 e. The highest BCUT2D eigenvalue weighted by molar-refractivity contribution is 7.89. The Labute approximate surface area is 125 Å². The SMILES string of the molecule is COC(=O)c1ccc(S(=O)(=O)N(C)C2CCNC2)cc1C. The maximum Gasteiger partial charge on any atom is 0.338 e. The highest BCUT2D eigenvalue weighted by Gasteiger charge is 2.30. The number of likely N-dealkylation sites (N-methyl/N-ethyl adjacent to an activating group) is 1. The third-order valence-electron chi connectivity index (χ3n) is 3.83. The van der Waals surface area contributed by atoms with Gasteiger partial charge in [-0.3, -0.25) is 0 Å². The first kappa shape index (κ1) is 15.9. The average Bonchev–Trinajstić information content (AvgIpc) is 2.99. The van der Waals surface area contributed by atoms with Crippen LogP contribution in [0.2, 0.25) is 0 Å². The van der Waals surface area contributed by atoms with Gasteiger partial charge in [-0.15, -0.1) is 0 Å². The Morgan fingerprint density at radius 1 is 1.43 bits per heavy atom. The smallest absolute Gasteiger partial charge is 0.338 e. The van der Waals surface area contributed by atoms with Crippen LogP contribution < -0.4 is 5.32 Å². The van der Waals surface area contributed by atoms with Crippen LogP contribution in [0, 0.1) is 6.92 Å². The van der Waals surface area contributed by atoms with Crippen LogP contribution in [-0.2, 0) is 14.8 Å². The summed E-state index contributed by atoms with van der Waals surface area (Å²) in [7, 11) is -0.660. The van der Waals surface area contributed by atoms with Crippen LogP contribution in [0.15, 0.2) is 23.1 Å². The number of aryl methyl sites for hydroxylation is 1. The van der Waals surface area contributed by atoms with Crippen molar-refractivity contribution in [2.45, 2.75) is 24.3 Å². The van der Waals surface area contributed by atoms with Crippen LogP contribution in [0.5, 0.6) is 0 Å². The molecule has 1 aromatic carbocycles. The molecule has 0 spiro atoms. The molecule has 0 aromatic heterocycles. The van der Waals surface area contributed by atoms with Gasteiger partial charge in [0.1, 0.15) is 0 Å². The van der Waals surface area contributed by atoms with Gasteiger partial charge in [-0.05, 0) is 43.7 Å². The number of carbonyl (C=O) groups is 1. The lowest BCUT2D eigenvalue weighted by molar-refractivity contribution is 0.0600. The molecule has 1 fully saturated rings. The van der Waals surface area contributed by atoms with Gasteiger partial charge in [0.2, 0.25) is 10.0 Å². The number of hydrogen-bond donors (Lipinski definition) is 1. The molecule has 21 heavy (non-hydrogen) atoms. The van der Waals surface area contributed by atoms with Crippen molar-refractivity contribution in [3.05, 3.63) is 29.3 Å². The van der Waals surface area contributed by atoms with E-state index < -0.39 is 16.0 Å². The summed E-state index contributed by atoms with van der Waals surface area (Å²) in [6, 6.07) is 4.43. The fraction of sp³-hybridized carbons (Fsp3) is 0.500. The summed E-state index contributed by atoms with van der Waals surface area (Å²) in [6.45, 7) is 3.18. The van der Waals surface area contributed by atoms with Crippen molar-refractivity contribution in [1.82, 2.24) is 9.62 Å². The minimum atomic E-state index is -3.55. The topological polar surface area (TPSA) is 75.7 Å². The summed E-state index contributed by atoms with van der Waals surface area (Å²) < 4.78 is 31.3. The van der Waals surface area contributed by atoms with Crippen LogP contribution in [0.1, 0.15) is 22.3 Å². The van der Waals surface area contributed by atoms with Crippen LogP contribution in [0.4, 0.5) is 0 Å². The second kappa shape index (κ2) is 6.13. The van der Waals surface area contributed by atoms with Crippen molar-refractivity contribution in [2.75, 3.05) is 27.2 Å². The monoisotopic (exact) mass is 312 g/mol. The predicted octanol–water partition coefficient (Wildman–Crippen LogP) is 0.764. The van der Waals surface area contributed by atoms with Gasteiger partial charge in [0.25, 0.3) is 0 Å². The Kier molecular flexibility index (Phi) is 4.65. The van der Waals surface area contributed by atoms with Gasteiger partial charge in [-0.2, -0.15) is 4.31 Å². The van der Waals surface area contributed by atoms with E-state index in [2.05, 4.69) is 10.1 Å². The van der Waals surface area contributed by atoms with Crippen molar-refractivity contribution in [3.8, 4) is 0 Å². The quantitative estimate of drug-likeness (QED) is 0.831. The molecule has 0 radical (unpaired) electrons. The summed E-state index contributed by atoms with van der Waals surface area (Å²) in [5.41, 5.74) is 0.961. The number of sulfonamides is 1. The number of ether oxygens (including phenoxy) is 1. The van der Waals surface area contributed by atoms with E-state index in [4.69, 9.17) is 0 Å². The number of rotatable bonds is 4. The van der Waals surface area contributed by atoms with Crippen molar-refractivity contribution in [2.24, 2.45) is 0 Å². The van der Waals surface area contributed by atoms with Gasteiger partial charge in [-0.25, -0.2) is 13.2 Å². The Morgan fingerprint density at radius 2 is 2.14 bits per heavy atom. The average molecular weight is 312 g/mol. The molecule has 0 saturated carbocycles. The molecular formula is C14H20N2O4S. The third kappa shape index (κ3) is 3.09. The molecule has 1 unspecified atom stereocenters. The zero-order chi connectivity index (χ0) is 15.6. The van der Waals surface area contributed by atoms with E-state index in [0.717, 1.165) is 13.0 Å². The Hall–Kier alpha value is -1.44. The first-order chi connectivity index (χ1) is 9.87. The standard InChI is InChI=1S/C14H20N2O4S/c1-10-8-12(4-5-13(10)14(17)20-3)21(18,19)16(2)11-6-7-15-9-11/h4-5,8,11,15H,6-7,9H2,1-3H3. The lowest BCUT2D eigenvalue weighted by Crippen LogP contribution is -2.38. The normalized spacial score (nSPS) is 19.0. The molecule has 1 saturated heterocycles. The molecule has 0 bridgehead atoms. The molecule has 116 valence electrons.